The quantitative estimate of drug-likeness (QED) is 0.212. The molecule has 7 aromatic carbocycles. The summed E-state index contributed by atoms with van der Waals surface area (Å²) >= 11 is 0. The van der Waals surface area contributed by atoms with Crippen molar-refractivity contribution in [1.29, 1.82) is 0 Å². The zero-order valence-electron chi connectivity index (χ0n) is 23.4. The van der Waals surface area contributed by atoms with Crippen LogP contribution in [0.3, 0.4) is 0 Å². The standard InChI is InChI=1S/C42H30/c1-29-14-6-7-15-30(2)42(40-27-26-35(32-17-4-3-5-18-32)36-20-10-11-21-37(36)40)39-23-13-12-22-38(39)41(29)34-25-24-31-16-8-9-19-33(31)28-34/h3-28H,1-2H2. The van der Waals surface area contributed by atoms with Crippen molar-refractivity contribution < 1.29 is 0 Å². The molecule has 0 fully saturated rings. The van der Waals surface area contributed by atoms with Gasteiger partial charge in [0.05, 0.1) is 0 Å². The molecule has 0 bridgehead atoms. The molecule has 0 saturated heterocycles. The van der Waals surface area contributed by atoms with E-state index in [9.17, 15) is 0 Å². The third-order valence-electron chi connectivity index (χ3n) is 8.13. The van der Waals surface area contributed by atoms with Crippen LogP contribution in [0.4, 0.5) is 0 Å². The maximum absolute atomic E-state index is 4.60. The molecular formula is C42H30. The van der Waals surface area contributed by atoms with E-state index in [2.05, 4.69) is 171 Å². The first-order valence-electron chi connectivity index (χ1n) is 14.3. The van der Waals surface area contributed by atoms with E-state index in [0.717, 1.165) is 37.9 Å². The van der Waals surface area contributed by atoms with E-state index in [0.29, 0.717) is 0 Å². The molecule has 0 saturated carbocycles. The predicted molar refractivity (Wildman–Crippen MR) is 183 cm³/mol. The van der Waals surface area contributed by atoms with Crippen molar-refractivity contribution in [2.45, 2.75) is 0 Å². The molecule has 0 N–H and O–H groups in total. The Morgan fingerprint density at radius 1 is 0.310 bits per heavy atom. The average molecular weight is 535 g/mol. The lowest BCUT2D eigenvalue weighted by atomic mass is 9.88. The predicted octanol–water partition coefficient (Wildman–Crippen LogP) is 10.1. The third kappa shape index (κ3) is 4.54. The van der Waals surface area contributed by atoms with E-state index in [-0.39, 0.29) is 0 Å². The smallest absolute Gasteiger partial charge is 0.00323 e. The molecular weight excluding hydrogens is 504 g/mol. The molecule has 0 aromatic heterocycles. The number of benzene rings is 6. The molecule has 42 heavy (non-hydrogen) atoms. The number of fused-ring (bicyclic) bond motifs is 3. The van der Waals surface area contributed by atoms with Gasteiger partial charge in [-0.25, -0.2) is 0 Å². The van der Waals surface area contributed by atoms with Crippen molar-refractivity contribution in [1.82, 2.24) is 0 Å². The lowest BCUT2D eigenvalue weighted by Crippen LogP contribution is -2.05. The van der Waals surface area contributed by atoms with Gasteiger partial charge < -0.3 is 0 Å². The van der Waals surface area contributed by atoms with Crippen LogP contribution in [0.25, 0.3) is 78.9 Å². The molecule has 0 atom stereocenters. The highest BCUT2D eigenvalue weighted by Crippen LogP contribution is 2.37. The third-order valence-corrected chi connectivity index (χ3v) is 8.13. The number of rotatable bonds is 3. The fourth-order valence-corrected chi connectivity index (χ4v) is 6.17. The van der Waals surface area contributed by atoms with Crippen LogP contribution >= 0.6 is 0 Å². The van der Waals surface area contributed by atoms with Crippen molar-refractivity contribution in [3.63, 3.8) is 0 Å². The van der Waals surface area contributed by atoms with E-state index in [1.54, 1.807) is 0 Å². The molecule has 0 heteroatoms. The Labute approximate surface area is 246 Å². The minimum absolute atomic E-state index is 0.968. The second kappa shape index (κ2) is 10.8. The first-order valence-corrected chi connectivity index (χ1v) is 14.3. The molecule has 0 nitrogen and oxygen atoms in total. The zero-order valence-corrected chi connectivity index (χ0v) is 23.4. The normalized spacial score (nSPS) is 11.0. The fourth-order valence-electron chi connectivity index (χ4n) is 6.17. The molecule has 198 valence electrons. The van der Waals surface area contributed by atoms with Gasteiger partial charge >= 0.3 is 0 Å². The van der Waals surface area contributed by atoms with Crippen molar-refractivity contribution in [2.75, 3.05) is 0 Å². The highest BCUT2D eigenvalue weighted by Gasteiger charge is 2.13. The first-order chi connectivity index (χ1) is 20.7. The summed E-state index contributed by atoms with van der Waals surface area (Å²) in [6.45, 7) is 9.15. The Morgan fingerprint density at radius 3 is 1.52 bits per heavy atom. The molecule has 0 aliphatic rings. The van der Waals surface area contributed by atoms with Gasteiger partial charge in [-0.05, 0) is 82.2 Å². The second-order valence-electron chi connectivity index (χ2n) is 10.7. The van der Waals surface area contributed by atoms with Crippen LogP contribution < -0.4 is 10.4 Å². The van der Waals surface area contributed by atoms with Crippen LogP contribution in [-0.4, -0.2) is 0 Å². The van der Waals surface area contributed by atoms with E-state index in [1.165, 1.54) is 38.2 Å². The lowest BCUT2D eigenvalue weighted by Gasteiger charge is -2.15. The minimum atomic E-state index is 0.968. The van der Waals surface area contributed by atoms with E-state index in [4.69, 9.17) is 0 Å². The average Bonchev–Trinajstić information content (AvgIpc) is 3.04. The van der Waals surface area contributed by atoms with Gasteiger partial charge in [-0.2, -0.15) is 0 Å². The van der Waals surface area contributed by atoms with Gasteiger partial charge in [-0.15, -0.1) is 0 Å². The zero-order chi connectivity index (χ0) is 28.5. The van der Waals surface area contributed by atoms with Crippen LogP contribution in [-0.2, 0) is 0 Å². The van der Waals surface area contributed by atoms with Crippen LogP contribution in [0, 0.1) is 0 Å². The Morgan fingerprint density at radius 2 is 0.810 bits per heavy atom. The summed E-state index contributed by atoms with van der Waals surface area (Å²) in [4.78, 5) is 0. The molecule has 0 unspecified atom stereocenters. The summed E-state index contributed by atoms with van der Waals surface area (Å²) in [5.74, 6) is 0. The van der Waals surface area contributed by atoms with E-state index < -0.39 is 0 Å². The molecule has 0 aliphatic carbocycles. The Bertz CT molecular complexity index is 2280. The minimum Gasteiger partial charge on any atom is -0.0911 e. The number of hydrogen-bond acceptors (Lipinski definition) is 0. The van der Waals surface area contributed by atoms with E-state index >= 15 is 0 Å². The SMILES string of the molecule is C=c1ccccc(=C)c(-c2ccc(-c3ccccc3)c3ccccc23)c2ccccc2c1-c1ccc2ccccc2c1. The Hall–Kier alpha value is -5.46. The van der Waals surface area contributed by atoms with Gasteiger partial charge in [0.2, 0.25) is 0 Å². The topological polar surface area (TPSA) is 0 Å². The summed E-state index contributed by atoms with van der Waals surface area (Å²) in [7, 11) is 0. The van der Waals surface area contributed by atoms with Crippen LogP contribution in [0.2, 0.25) is 0 Å². The molecule has 0 heterocycles. The highest BCUT2D eigenvalue weighted by molar-refractivity contribution is 6.11. The van der Waals surface area contributed by atoms with Crippen molar-refractivity contribution in [2.24, 2.45) is 0 Å². The van der Waals surface area contributed by atoms with Gasteiger partial charge in [-0.3, -0.25) is 0 Å². The van der Waals surface area contributed by atoms with Gasteiger partial charge in [-0.1, -0.05) is 165 Å². The summed E-state index contributed by atoms with van der Waals surface area (Å²) in [6.07, 6.45) is 0. The Kier molecular flexibility index (Phi) is 6.58. The van der Waals surface area contributed by atoms with Crippen molar-refractivity contribution in [3.8, 4) is 33.4 Å². The molecule has 0 aliphatic heterocycles. The van der Waals surface area contributed by atoms with Crippen LogP contribution in [0.15, 0.2) is 158 Å². The monoisotopic (exact) mass is 534 g/mol. The van der Waals surface area contributed by atoms with Crippen molar-refractivity contribution >= 4 is 45.5 Å². The molecule has 0 radical (unpaired) electrons. The van der Waals surface area contributed by atoms with Crippen LogP contribution in [0.1, 0.15) is 0 Å². The van der Waals surface area contributed by atoms with E-state index in [1.807, 2.05) is 0 Å². The Balaban J connectivity index is 1.62. The van der Waals surface area contributed by atoms with Crippen LogP contribution in [0.5, 0.6) is 0 Å². The molecule has 7 aromatic rings. The van der Waals surface area contributed by atoms with Gasteiger partial charge in [0, 0.05) is 0 Å². The highest BCUT2D eigenvalue weighted by atomic mass is 14.2. The van der Waals surface area contributed by atoms with Gasteiger partial charge in [0.15, 0.2) is 0 Å². The first kappa shape index (κ1) is 25.5. The maximum atomic E-state index is 4.60. The molecule has 7 rings (SSSR count). The van der Waals surface area contributed by atoms with Gasteiger partial charge in [0.25, 0.3) is 0 Å². The summed E-state index contributed by atoms with van der Waals surface area (Å²) < 4.78 is 0. The molecule has 0 spiro atoms. The largest absolute Gasteiger partial charge is 0.0911 e. The number of hydrogen-bond donors (Lipinski definition) is 0. The summed E-state index contributed by atoms with van der Waals surface area (Å²) in [5.41, 5.74) is 7.00. The van der Waals surface area contributed by atoms with Gasteiger partial charge in [0.1, 0.15) is 0 Å². The second-order valence-corrected chi connectivity index (χ2v) is 10.7. The summed E-state index contributed by atoms with van der Waals surface area (Å²) in [5, 5.41) is 9.10. The maximum Gasteiger partial charge on any atom is -0.00323 e. The van der Waals surface area contributed by atoms with Crippen molar-refractivity contribution in [3.05, 3.63) is 168 Å². The summed E-state index contributed by atoms with van der Waals surface area (Å²) in [6, 6.07) is 56.1. The lowest BCUT2D eigenvalue weighted by molar-refractivity contribution is 1.60. The molecule has 0 amide bonds. The fraction of sp³-hybridized carbons (Fsp3) is 0.